The van der Waals surface area contributed by atoms with Gasteiger partial charge in [0.1, 0.15) is 23.1 Å². The van der Waals surface area contributed by atoms with Gasteiger partial charge in [-0.25, -0.2) is 13.6 Å². The van der Waals surface area contributed by atoms with Crippen LogP contribution in [0.25, 0.3) is 16.6 Å². The summed E-state index contributed by atoms with van der Waals surface area (Å²) in [5.74, 6) is -0.375. The molecule has 1 aliphatic heterocycles. The molecule has 250 valence electrons. The Balaban J connectivity index is 1.60. The molecule has 4 aromatic carbocycles. The van der Waals surface area contributed by atoms with Crippen molar-refractivity contribution in [2.45, 2.75) is 25.4 Å². The van der Waals surface area contributed by atoms with Crippen LogP contribution in [0.5, 0.6) is 5.75 Å². The van der Waals surface area contributed by atoms with Crippen LogP contribution in [0, 0.1) is 11.6 Å². The molecular weight excluding hydrogens is 669 g/mol. The number of methoxy groups -OCH3 is 2. The van der Waals surface area contributed by atoms with E-state index in [0.717, 1.165) is 0 Å². The molecule has 0 saturated heterocycles. The molecule has 0 spiro atoms. The number of halogens is 6. The minimum absolute atomic E-state index is 0.0164. The highest BCUT2D eigenvalue weighted by atomic mass is 35.5. The first kappa shape index (κ1) is 33.6. The average molecular weight is 694 g/mol. The lowest BCUT2D eigenvalue weighted by atomic mass is 9.92. The number of fused-ring (bicyclic) bond motifs is 3. The van der Waals surface area contributed by atoms with Crippen LogP contribution in [-0.4, -0.2) is 36.0 Å². The highest BCUT2D eigenvalue weighted by molar-refractivity contribution is 6.31. The van der Waals surface area contributed by atoms with Gasteiger partial charge in [0.05, 0.1) is 36.5 Å². The fourth-order valence-corrected chi connectivity index (χ4v) is 6.19. The molecule has 1 aliphatic rings. The first-order valence-electron chi connectivity index (χ1n) is 14.7. The molecule has 0 saturated carbocycles. The van der Waals surface area contributed by atoms with Gasteiger partial charge in [0, 0.05) is 52.0 Å². The fraction of sp³-hybridized carbons (Fsp3) is 0.167. The molecule has 5 aromatic rings. The molecule has 13 heteroatoms. The molecule has 49 heavy (non-hydrogen) atoms. The van der Waals surface area contributed by atoms with Crippen LogP contribution in [0.4, 0.5) is 27.6 Å². The van der Waals surface area contributed by atoms with Gasteiger partial charge < -0.3 is 19.7 Å². The monoisotopic (exact) mass is 693 g/mol. The Kier molecular flexibility index (Phi) is 9.13. The predicted molar refractivity (Wildman–Crippen MR) is 173 cm³/mol. The number of hydrogen-bond donors (Lipinski definition) is 1. The van der Waals surface area contributed by atoms with E-state index in [2.05, 4.69) is 10.3 Å². The smallest absolute Gasteiger partial charge is 0.416 e. The lowest BCUT2D eigenvalue weighted by Crippen LogP contribution is -2.24. The van der Waals surface area contributed by atoms with E-state index in [9.17, 15) is 31.5 Å². The van der Waals surface area contributed by atoms with Crippen LogP contribution in [0.3, 0.4) is 0 Å². The van der Waals surface area contributed by atoms with Gasteiger partial charge in [-0.15, -0.1) is 0 Å². The summed E-state index contributed by atoms with van der Waals surface area (Å²) in [7, 11) is 2.99. The number of hydrogen-bond acceptors (Lipinski definition) is 6. The van der Waals surface area contributed by atoms with Crippen LogP contribution in [0.1, 0.15) is 49.9 Å². The molecule has 1 N–H and O–H groups in total. The molecule has 1 unspecified atom stereocenters. The summed E-state index contributed by atoms with van der Waals surface area (Å²) in [5.41, 5.74) is 0.381. The molecule has 0 fully saturated rings. The van der Waals surface area contributed by atoms with E-state index in [-0.39, 0.29) is 52.3 Å². The minimum atomic E-state index is -4.92. The Labute approximate surface area is 281 Å². The Morgan fingerprint density at radius 2 is 1.73 bits per heavy atom. The summed E-state index contributed by atoms with van der Waals surface area (Å²) in [4.78, 5) is 32.8. The fourth-order valence-electron chi connectivity index (χ4n) is 5.97. The Morgan fingerprint density at radius 1 is 0.980 bits per heavy atom. The first-order valence-corrected chi connectivity index (χ1v) is 15.0. The van der Waals surface area contributed by atoms with Gasteiger partial charge in [0.2, 0.25) is 0 Å². The summed E-state index contributed by atoms with van der Waals surface area (Å²) < 4.78 is 80.3. The lowest BCUT2D eigenvalue weighted by Gasteiger charge is -2.29. The van der Waals surface area contributed by atoms with Crippen molar-refractivity contribution in [1.82, 2.24) is 9.88 Å². The number of rotatable bonds is 8. The van der Waals surface area contributed by atoms with Gasteiger partial charge >= 0.3 is 6.18 Å². The number of carbonyl (C=O) groups is 1. The van der Waals surface area contributed by atoms with E-state index < -0.39 is 40.9 Å². The van der Waals surface area contributed by atoms with E-state index in [1.165, 1.54) is 38.5 Å². The molecule has 0 aliphatic carbocycles. The molecule has 0 bridgehead atoms. The van der Waals surface area contributed by atoms with E-state index in [0.29, 0.717) is 40.0 Å². The van der Waals surface area contributed by atoms with Crippen LogP contribution < -0.4 is 10.1 Å². The van der Waals surface area contributed by atoms with E-state index in [1.807, 2.05) is 5.94 Å². The highest BCUT2D eigenvalue weighted by Gasteiger charge is 2.41. The van der Waals surface area contributed by atoms with Gasteiger partial charge in [-0.3, -0.25) is 9.78 Å². The third kappa shape index (κ3) is 6.58. The largest absolute Gasteiger partial charge is 0.497 e. The van der Waals surface area contributed by atoms with Crippen molar-refractivity contribution in [3.05, 3.63) is 135 Å². The number of benzene rings is 4. The Bertz CT molecular complexity index is 2150. The van der Waals surface area contributed by atoms with Gasteiger partial charge in [-0.1, -0.05) is 29.8 Å². The summed E-state index contributed by atoms with van der Waals surface area (Å²) in [5, 5.41) is 3.22. The molecule has 6 rings (SSSR count). The van der Waals surface area contributed by atoms with Crippen molar-refractivity contribution < 1.29 is 41.0 Å². The second kappa shape index (κ2) is 13.3. The zero-order valence-electron chi connectivity index (χ0n) is 25.8. The topological polar surface area (TPSA) is 80.8 Å². The zero-order valence-corrected chi connectivity index (χ0v) is 26.5. The number of pyridine rings is 1. The third-order valence-electron chi connectivity index (χ3n) is 8.09. The van der Waals surface area contributed by atoms with E-state index in [4.69, 9.17) is 21.1 Å². The van der Waals surface area contributed by atoms with Gasteiger partial charge in [-0.2, -0.15) is 13.2 Å². The Morgan fingerprint density at radius 3 is 2.41 bits per heavy atom. The number of alkyl halides is 3. The number of carbonyl (C=O) groups excluding carboxylic acids is 2. The predicted octanol–water partition coefficient (Wildman–Crippen LogP) is 8.37. The molecule has 1 amide bonds. The van der Waals surface area contributed by atoms with Crippen molar-refractivity contribution in [1.29, 1.82) is 0 Å². The standard InChI is InChI=1S/C36H25ClF5N3O4/c1-48-18-24-6-9-26-29(43-24)15-30(44-35(47)20-11-21(36(40,41)42)13-23(39)12-20)33-32(26)31(17-46)45(16-19-3-7-25(49-2)8-4-19)34(33)27-14-22(38)5-10-28(27)37/h3-15,34H,16,18H2,1-2H3,(H,44,47). The molecule has 1 atom stereocenters. The van der Waals surface area contributed by atoms with Gasteiger partial charge in [-0.05, 0) is 66.2 Å². The number of nitrogens with one attached hydrogen (secondary N) is 1. The first-order chi connectivity index (χ1) is 23.4. The summed E-state index contributed by atoms with van der Waals surface area (Å²) in [6.45, 7) is 0.198. The van der Waals surface area contributed by atoms with Gasteiger partial charge in [0.15, 0.2) is 5.94 Å². The number of ether oxygens (including phenoxy) is 2. The van der Waals surface area contributed by atoms with Gasteiger partial charge in [0.25, 0.3) is 5.91 Å². The molecule has 0 radical (unpaired) electrons. The minimum Gasteiger partial charge on any atom is -0.497 e. The van der Waals surface area contributed by atoms with Crippen molar-refractivity contribution in [3.63, 3.8) is 0 Å². The summed E-state index contributed by atoms with van der Waals surface area (Å²) in [6, 6.07) is 16.1. The quantitative estimate of drug-likeness (QED) is 0.130. The normalized spacial score (nSPS) is 14.2. The summed E-state index contributed by atoms with van der Waals surface area (Å²) >= 11 is 6.67. The number of anilines is 1. The maximum Gasteiger partial charge on any atom is 0.416 e. The maximum absolute atomic E-state index is 14.9. The second-order valence-corrected chi connectivity index (χ2v) is 11.6. The number of amides is 1. The average Bonchev–Trinajstić information content (AvgIpc) is 3.39. The summed E-state index contributed by atoms with van der Waals surface area (Å²) in [6.07, 6.45) is -4.92. The number of nitrogens with zero attached hydrogens (tertiary/aromatic N) is 2. The van der Waals surface area contributed by atoms with E-state index in [1.54, 1.807) is 41.3 Å². The van der Waals surface area contributed by atoms with Crippen molar-refractivity contribution in [3.8, 4) is 5.75 Å². The molecule has 7 nitrogen and oxygen atoms in total. The zero-order chi connectivity index (χ0) is 35.0. The maximum atomic E-state index is 14.9. The lowest BCUT2D eigenvalue weighted by molar-refractivity contribution is -0.137. The van der Waals surface area contributed by atoms with Crippen molar-refractivity contribution in [2.24, 2.45) is 0 Å². The molecular formula is C36H25ClF5N3O4. The van der Waals surface area contributed by atoms with Crippen LogP contribution in [0.2, 0.25) is 5.02 Å². The van der Waals surface area contributed by atoms with Crippen LogP contribution >= 0.6 is 11.6 Å². The van der Waals surface area contributed by atoms with Crippen molar-refractivity contribution in [2.75, 3.05) is 19.5 Å². The third-order valence-corrected chi connectivity index (χ3v) is 8.43. The molecule has 1 aromatic heterocycles. The SMILES string of the molecule is COCc1ccc2c3c(c(NC(=O)c4cc(F)cc(C(F)(F)F)c4)cc2n1)C(c1cc(F)ccc1Cl)N(Cc1ccc(OC)cc1)C3=C=O. The molecule has 2 heterocycles. The van der Waals surface area contributed by atoms with Crippen LogP contribution in [0.15, 0.2) is 78.9 Å². The van der Waals surface area contributed by atoms with Crippen LogP contribution in [-0.2, 0) is 28.9 Å². The highest BCUT2D eigenvalue weighted by Crippen LogP contribution is 2.52. The Hall–Kier alpha value is -5.29. The number of aromatic nitrogens is 1. The van der Waals surface area contributed by atoms with Crippen molar-refractivity contribution >= 4 is 45.7 Å². The van der Waals surface area contributed by atoms with E-state index >= 15 is 0 Å². The second-order valence-electron chi connectivity index (χ2n) is 11.2.